The standard InChI is InChI=1S/C10H13NO3/c1-10(2,9(11)13)14-8-5-3-7(12)4-6-8/h3-6,12H,1-2H3,(H2,11,13). The van der Waals surface area contributed by atoms with Crippen molar-refractivity contribution in [1.29, 1.82) is 0 Å². The molecule has 14 heavy (non-hydrogen) atoms. The van der Waals surface area contributed by atoms with Gasteiger partial charge in [-0.25, -0.2) is 0 Å². The second-order valence-electron chi connectivity index (χ2n) is 3.47. The second kappa shape index (κ2) is 3.57. The monoisotopic (exact) mass is 195 g/mol. The number of ether oxygens (including phenoxy) is 1. The largest absolute Gasteiger partial charge is 0.508 e. The molecular weight excluding hydrogens is 182 g/mol. The SMILES string of the molecule is CC(C)(Oc1ccc(O)cc1)C(N)=O. The number of benzene rings is 1. The Morgan fingerprint density at radius 1 is 1.36 bits per heavy atom. The van der Waals surface area contributed by atoms with Crippen molar-refractivity contribution in [3.63, 3.8) is 0 Å². The molecule has 0 aliphatic carbocycles. The van der Waals surface area contributed by atoms with Crippen LogP contribution in [-0.2, 0) is 4.79 Å². The third-order valence-corrected chi connectivity index (χ3v) is 1.80. The topological polar surface area (TPSA) is 72.6 Å². The Morgan fingerprint density at radius 3 is 2.29 bits per heavy atom. The summed E-state index contributed by atoms with van der Waals surface area (Å²) in [5.74, 6) is 0.103. The molecule has 0 bridgehead atoms. The van der Waals surface area contributed by atoms with Crippen LogP contribution >= 0.6 is 0 Å². The Hall–Kier alpha value is -1.71. The van der Waals surface area contributed by atoms with Crippen molar-refractivity contribution in [1.82, 2.24) is 0 Å². The zero-order chi connectivity index (χ0) is 10.8. The zero-order valence-corrected chi connectivity index (χ0v) is 8.15. The summed E-state index contributed by atoms with van der Waals surface area (Å²) in [6.07, 6.45) is 0. The number of phenolic OH excluding ortho intramolecular Hbond substituents is 1. The molecule has 1 rings (SSSR count). The van der Waals surface area contributed by atoms with Crippen LogP contribution in [0.5, 0.6) is 11.5 Å². The Balaban J connectivity index is 2.79. The van der Waals surface area contributed by atoms with Gasteiger partial charge in [0.1, 0.15) is 11.5 Å². The van der Waals surface area contributed by atoms with E-state index in [1.165, 1.54) is 12.1 Å². The van der Waals surface area contributed by atoms with Gasteiger partial charge < -0.3 is 15.6 Å². The molecule has 1 aromatic rings. The predicted octanol–water partition coefficient (Wildman–Crippen LogP) is 1.03. The van der Waals surface area contributed by atoms with Gasteiger partial charge in [-0.3, -0.25) is 4.79 Å². The van der Waals surface area contributed by atoms with Gasteiger partial charge in [-0.2, -0.15) is 0 Å². The van der Waals surface area contributed by atoms with E-state index >= 15 is 0 Å². The number of aromatic hydroxyl groups is 1. The van der Waals surface area contributed by atoms with Gasteiger partial charge in [0.05, 0.1) is 0 Å². The summed E-state index contributed by atoms with van der Waals surface area (Å²) in [5.41, 5.74) is 4.09. The molecule has 3 N–H and O–H groups in total. The lowest BCUT2D eigenvalue weighted by molar-refractivity contribution is -0.130. The molecule has 0 saturated heterocycles. The summed E-state index contributed by atoms with van der Waals surface area (Å²) in [6.45, 7) is 3.17. The summed E-state index contributed by atoms with van der Waals surface area (Å²) in [4.78, 5) is 10.9. The van der Waals surface area contributed by atoms with Crippen molar-refractivity contribution in [2.75, 3.05) is 0 Å². The fourth-order valence-electron chi connectivity index (χ4n) is 0.859. The second-order valence-corrected chi connectivity index (χ2v) is 3.47. The van der Waals surface area contributed by atoms with E-state index in [2.05, 4.69) is 0 Å². The summed E-state index contributed by atoms with van der Waals surface area (Å²) < 4.78 is 5.33. The van der Waals surface area contributed by atoms with Gasteiger partial charge in [-0.15, -0.1) is 0 Å². The molecule has 0 spiro atoms. The predicted molar refractivity (Wildman–Crippen MR) is 52.0 cm³/mol. The molecule has 0 heterocycles. The number of phenols is 1. The van der Waals surface area contributed by atoms with Crippen LogP contribution < -0.4 is 10.5 Å². The van der Waals surface area contributed by atoms with E-state index in [1.54, 1.807) is 26.0 Å². The molecule has 1 amide bonds. The zero-order valence-electron chi connectivity index (χ0n) is 8.15. The van der Waals surface area contributed by atoms with Crippen molar-refractivity contribution < 1.29 is 14.6 Å². The minimum atomic E-state index is -1.04. The van der Waals surface area contributed by atoms with Crippen molar-refractivity contribution in [3.8, 4) is 11.5 Å². The minimum Gasteiger partial charge on any atom is -0.508 e. The molecule has 4 nitrogen and oxygen atoms in total. The molecule has 4 heteroatoms. The molecule has 0 aliphatic heterocycles. The van der Waals surface area contributed by atoms with Crippen molar-refractivity contribution in [2.24, 2.45) is 5.73 Å². The third kappa shape index (κ3) is 2.39. The molecule has 0 radical (unpaired) electrons. The Kier molecular flexibility index (Phi) is 2.65. The minimum absolute atomic E-state index is 0.147. The smallest absolute Gasteiger partial charge is 0.261 e. The van der Waals surface area contributed by atoms with Gasteiger partial charge in [-0.1, -0.05) is 0 Å². The van der Waals surface area contributed by atoms with Crippen molar-refractivity contribution in [3.05, 3.63) is 24.3 Å². The van der Waals surface area contributed by atoms with E-state index in [0.29, 0.717) is 5.75 Å². The summed E-state index contributed by atoms with van der Waals surface area (Å²) in [6, 6.07) is 6.10. The van der Waals surface area contributed by atoms with Crippen LogP contribution in [0.15, 0.2) is 24.3 Å². The van der Waals surface area contributed by atoms with Crippen molar-refractivity contribution in [2.45, 2.75) is 19.4 Å². The van der Waals surface area contributed by atoms with Crippen LogP contribution in [0.3, 0.4) is 0 Å². The lowest BCUT2D eigenvalue weighted by Crippen LogP contribution is -2.43. The Labute approximate surface area is 82.3 Å². The molecule has 76 valence electrons. The highest BCUT2D eigenvalue weighted by Crippen LogP contribution is 2.20. The highest BCUT2D eigenvalue weighted by atomic mass is 16.5. The summed E-state index contributed by atoms with van der Waals surface area (Å²) in [5, 5.41) is 9.02. The first-order chi connectivity index (χ1) is 6.42. The van der Waals surface area contributed by atoms with Gasteiger partial charge >= 0.3 is 0 Å². The highest BCUT2D eigenvalue weighted by molar-refractivity contribution is 5.82. The summed E-state index contributed by atoms with van der Waals surface area (Å²) in [7, 11) is 0. The van der Waals surface area contributed by atoms with Gasteiger partial charge in [0.15, 0.2) is 5.60 Å². The van der Waals surface area contributed by atoms with E-state index in [0.717, 1.165) is 0 Å². The van der Waals surface area contributed by atoms with Crippen LogP contribution in [0.4, 0.5) is 0 Å². The van der Waals surface area contributed by atoms with Crippen LogP contribution in [0.25, 0.3) is 0 Å². The van der Waals surface area contributed by atoms with E-state index in [9.17, 15) is 4.79 Å². The van der Waals surface area contributed by atoms with Crippen LogP contribution in [-0.4, -0.2) is 16.6 Å². The van der Waals surface area contributed by atoms with Crippen molar-refractivity contribution >= 4 is 5.91 Å². The normalized spacial score (nSPS) is 11.0. The lowest BCUT2D eigenvalue weighted by atomic mass is 10.1. The first-order valence-electron chi connectivity index (χ1n) is 4.20. The number of amides is 1. The molecule has 0 unspecified atom stereocenters. The number of rotatable bonds is 3. The fraction of sp³-hybridized carbons (Fsp3) is 0.300. The number of primary amides is 1. The molecule has 0 aromatic heterocycles. The molecule has 0 fully saturated rings. The number of hydrogen-bond acceptors (Lipinski definition) is 3. The van der Waals surface area contributed by atoms with E-state index in [-0.39, 0.29) is 5.75 Å². The average Bonchev–Trinajstić information content (AvgIpc) is 2.08. The number of carbonyl (C=O) groups excluding carboxylic acids is 1. The Bertz CT molecular complexity index is 330. The van der Waals surface area contributed by atoms with Crippen LogP contribution in [0.2, 0.25) is 0 Å². The van der Waals surface area contributed by atoms with E-state index in [1.807, 2.05) is 0 Å². The van der Waals surface area contributed by atoms with Crippen LogP contribution in [0.1, 0.15) is 13.8 Å². The highest BCUT2D eigenvalue weighted by Gasteiger charge is 2.26. The maximum Gasteiger partial charge on any atom is 0.261 e. The average molecular weight is 195 g/mol. The lowest BCUT2D eigenvalue weighted by Gasteiger charge is -2.22. The third-order valence-electron chi connectivity index (χ3n) is 1.80. The molecular formula is C10H13NO3. The number of nitrogens with two attached hydrogens (primary N) is 1. The quantitative estimate of drug-likeness (QED) is 0.756. The van der Waals surface area contributed by atoms with Gasteiger partial charge in [0, 0.05) is 0 Å². The molecule has 0 atom stereocenters. The van der Waals surface area contributed by atoms with Gasteiger partial charge in [-0.05, 0) is 38.1 Å². The van der Waals surface area contributed by atoms with Gasteiger partial charge in [0.25, 0.3) is 5.91 Å². The van der Waals surface area contributed by atoms with E-state index in [4.69, 9.17) is 15.6 Å². The molecule has 1 aromatic carbocycles. The molecule has 0 aliphatic rings. The van der Waals surface area contributed by atoms with E-state index < -0.39 is 11.5 Å². The first-order valence-corrected chi connectivity index (χ1v) is 4.20. The van der Waals surface area contributed by atoms with Gasteiger partial charge in [0.2, 0.25) is 0 Å². The van der Waals surface area contributed by atoms with Crippen LogP contribution in [0, 0.1) is 0 Å². The Morgan fingerprint density at radius 2 is 1.86 bits per heavy atom. The maximum absolute atomic E-state index is 10.9. The fourth-order valence-corrected chi connectivity index (χ4v) is 0.859. The number of hydrogen-bond donors (Lipinski definition) is 2. The number of carbonyl (C=O) groups is 1. The first kappa shape index (κ1) is 10.4. The maximum atomic E-state index is 10.9. The molecule has 0 saturated carbocycles. The summed E-state index contributed by atoms with van der Waals surface area (Å²) >= 11 is 0.